The van der Waals surface area contributed by atoms with Gasteiger partial charge in [-0.3, -0.25) is 0 Å². The van der Waals surface area contributed by atoms with E-state index in [0.29, 0.717) is 0 Å². The normalized spacial score (nSPS) is 17.3. The van der Waals surface area contributed by atoms with E-state index in [1.54, 1.807) is 11.8 Å². The second-order valence-corrected chi connectivity index (χ2v) is 4.54. The van der Waals surface area contributed by atoms with Gasteiger partial charge < -0.3 is 14.1 Å². The molecule has 0 unspecified atom stereocenters. The number of ether oxygens (including phenoxy) is 1. The molecule has 0 spiro atoms. The molecular weight excluding hydrogens is 277 g/mol. The molecule has 8 heteroatoms. The Bertz CT molecular complexity index is 465. The Morgan fingerprint density at radius 3 is 2.70 bits per heavy atom. The van der Waals surface area contributed by atoms with Crippen molar-refractivity contribution in [3.63, 3.8) is 0 Å². The van der Waals surface area contributed by atoms with E-state index < -0.39 is 18.1 Å². The summed E-state index contributed by atoms with van der Waals surface area (Å²) >= 11 is 0. The maximum atomic E-state index is 12.5. The molecule has 0 N–H and O–H groups in total. The third kappa shape index (κ3) is 3.23. The van der Waals surface area contributed by atoms with Crippen molar-refractivity contribution < 1.29 is 27.1 Å². The van der Waals surface area contributed by atoms with Gasteiger partial charge in [-0.25, -0.2) is 4.79 Å². The van der Waals surface area contributed by atoms with E-state index in [2.05, 4.69) is 4.98 Å². The van der Waals surface area contributed by atoms with E-state index in [9.17, 15) is 18.0 Å². The highest BCUT2D eigenvalue weighted by Gasteiger charge is 2.41. The van der Waals surface area contributed by atoms with E-state index in [1.165, 1.54) is 0 Å². The van der Waals surface area contributed by atoms with Crippen LogP contribution in [0.15, 0.2) is 10.7 Å². The predicted molar refractivity (Wildman–Crippen MR) is 63.5 cm³/mol. The number of hydrogen-bond acceptors (Lipinski definition) is 5. The Morgan fingerprint density at radius 2 is 2.15 bits per heavy atom. The number of nitrogens with zero attached hydrogens (tertiary/aromatic N) is 2. The van der Waals surface area contributed by atoms with E-state index >= 15 is 0 Å². The van der Waals surface area contributed by atoms with E-state index in [0.717, 1.165) is 6.26 Å². The number of halogens is 3. The van der Waals surface area contributed by atoms with Gasteiger partial charge in [-0.15, -0.1) is 0 Å². The third-order valence-electron chi connectivity index (χ3n) is 3.21. The zero-order valence-electron chi connectivity index (χ0n) is 10.9. The number of esters is 1. The van der Waals surface area contributed by atoms with Gasteiger partial charge in [0.25, 0.3) is 6.01 Å². The van der Waals surface area contributed by atoms with Crippen molar-refractivity contribution in [1.29, 1.82) is 0 Å². The fourth-order valence-corrected chi connectivity index (χ4v) is 2.11. The maximum absolute atomic E-state index is 12.5. The van der Waals surface area contributed by atoms with E-state index in [1.807, 2.05) is 0 Å². The van der Waals surface area contributed by atoms with Crippen LogP contribution in [0.1, 0.15) is 30.3 Å². The number of rotatable bonds is 3. The molecule has 1 fully saturated rings. The van der Waals surface area contributed by atoms with Crippen molar-refractivity contribution in [2.45, 2.75) is 25.9 Å². The highest BCUT2D eigenvalue weighted by molar-refractivity contribution is 5.87. The lowest BCUT2D eigenvalue weighted by molar-refractivity contribution is -0.179. The third-order valence-corrected chi connectivity index (χ3v) is 3.21. The van der Waals surface area contributed by atoms with Crippen molar-refractivity contribution in [3.05, 3.63) is 12.0 Å². The monoisotopic (exact) mass is 292 g/mol. The Morgan fingerprint density at radius 1 is 1.50 bits per heavy atom. The van der Waals surface area contributed by atoms with Crippen molar-refractivity contribution in [3.8, 4) is 0 Å². The van der Waals surface area contributed by atoms with Crippen LogP contribution in [-0.2, 0) is 4.74 Å². The average Bonchev–Trinajstić information content (AvgIpc) is 2.88. The summed E-state index contributed by atoms with van der Waals surface area (Å²) in [6.45, 7) is 2.29. The number of aromatic nitrogens is 1. The van der Waals surface area contributed by atoms with Gasteiger partial charge in [0.05, 0.1) is 12.5 Å². The van der Waals surface area contributed by atoms with Gasteiger partial charge >= 0.3 is 12.1 Å². The average molecular weight is 292 g/mol. The maximum Gasteiger partial charge on any atom is 0.391 e. The van der Waals surface area contributed by atoms with Gasteiger partial charge in [-0.05, 0) is 19.8 Å². The Labute approximate surface area is 113 Å². The van der Waals surface area contributed by atoms with Crippen molar-refractivity contribution in [2.24, 2.45) is 5.92 Å². The Kier molecular flexibility index (Phi) is 4.20. The molecule has 1 saturated heterocycles. The summed E-state index contributed by atoms with van der Waals surface area (Å²) in [7, 11) is 0. The lowest BCUT2D eigenvalue weighted by Crippen LogP contribution is -2.39. The minimum absolute atomic E-state index is 0.000615. The molecule has 0 aromatic carbocycles. The van der Waals surface area contributed by atoms with Gasteiger partial charge in [0.15, 0.2) is 5.69 Å². The van der Waals surface area contributed by atoms with Crippen LogP contribution >= 0.6 is 0 Å². The molecule has 0 bridgehead atoms. The Hall–Kier alpha value is -1.73. The quantitative estimate of drug-likeness (QED) is 0.802. The van der Waals surface area contributed by atoms with Crippen LogP contribution < -0.4 is 4.90 Å². The van der Waals surface area contributed by atoms with Crippen molar-refractivity contribution in [1.82, 2.24) is 4.98 Å². The number of carbonyl (C=O) groups excluding carboxylic acids is 1. The fourth-order valence-electron chi connectivity index (χ4n) is 2.11. The standard InChI is InChI=1S/C12H15F3N2O3/c1-2-19-10(18)9-7-20-11(16-9)17-5-3-8(4-6-17)12(13,14)15/h7-8H,2-6H2,1H3. The van der Waals surface area contributed by atoms with Crippen LogP contribution in [0.4, 0.5) is 19.2 Å². The van der Waals surface area contributed by atoms with Gasteiger partial charge in [-0.2, -0.15) is 18.2 Å². The Balaban J connectivity index is 1.96. The van der Waals surface area contributed by atoms with Crippen LogP contribution in [0.2, 0.25) is 0 Å². The molecule has 112 valence electrons. The number of hydrogen-bond donors (Lipinski definition) is 0. The molecule has 1 aromatic heterocycles. The summed E-state index contributed by atoms with van der Waals surface area (Å²) in [6.07, 6.45) is -3.00. The minimum atomic E-state index is -4.15. The van der Waals surface area contributed by atoms with Crippen LogP contribution in [0, 0.1) is 5.92 Å². The highest BCUT2D eigenvalue weighted by atomic mass is 19.4. The lowest BCUT2D eigenvalue weighted by Gasteiger charge is -2.31. The summed E-state index contributed by atoms with van der Waals surface area (Å²) in [5.41, 5.74) is 0.0276. The van der Waals surface area contributed by atoms with Gasteiger partial charge in [0.1, 0.15) is 6.26 Å². The van der Waals surface area contributed by atoms with E-state index in [-0.39, 0.29) is 44.2 Å². The van der Waals surface area contributed by atoms with Gasteiger partial charge in [0.2, 0.25) is 0 Å². The molecule has 0 atom stereocenters. The molecule has 2 rings (SSSR count). The summed E-state index contributed by atoms with van der Waals surface area (Å²) in [4.78, 5) is 17.0. The molecule has 5 nitrogen and oxygen atoms in total. The fraction of sp³-hybridized carbons (Fsp3) is 0.667. The topological polar surface area (TPSA) is 55.6 Å². The molecule has 1 aromatic rings. The molecule has 20 heavy (non-hydrogen) atoms. The SMILES string of the molecule is CCOC(=O)c1coc(N2CCC(C(F)(F)F)CC2)n1. The summed E-state index contributed by atoms with van der Waals surface area (Å²) < 4.78 is 47.5. The summed E-state index contributed by atoms with van der Waals surface area (Å²) in [6, 6.07) is 0.161. The smallest absolute Gasteiger partial charge is 0.391 e. The number of oxazole rings is 1. The predicted octanol–water partition coefficient (Wildman–Crippen LogP) is 2.63. The first kappa shape index (κ1) is 14.7. The zero-order valence-corrected chi connectivity index (χ0v) is 10.9. The molecule has 2 heterocycles. The molecular formula is C12H15F3N2O3. The van der Waals surface area contributed by atoms with Crippen LogP contribution in [0.25, 0.3) is 0 Å². The number of alkyl halides is 3. The van der Waals surface area contributed by atoms with Crippen LogP contribution in [-0.4, -0.2) is 36.8 Å². The van der Waals surface area contributed by atoms with Crippen LogP contribution in [0.3, 0.4) is 0 Å². The first-order valence-electron chi connectivity index (χ1n) is 6.36. The molecule has 1 aliphatic heterocycles. The second-order valence-electron chi connectivity index (χ2n) is 4.54. The van der Waals surface area contributed by atoms with Crippen molar-refractivity contribution >= 4 is 12.0 Å². The second kappa shape index (κ2) is 5.72. The molecule has 0 saturated carbocycles. The largest absolute Gasteiger partial charge is 0.461 e. The first-order chi connectivity index (χ1) is 9.41. The summed E-state index contributed by atoms with van der Waals surface area (Å²) in [5.74, 6) is -1.88. The first-order valence-corrected chi connectivity index (χ1v) is 6.36. The van der Waals surface area contributed by atoms with Gasteiger partial charge in [-0.1, -0.05) is 0 Å². The molecule has 1 aliphatic rings. The molecule has 0 amide bonds. The van der Waals surface area contributed by atoms with Gasteiger partial charge in [0, 0.05) is 13.1 Å². The lowest BCUT2D eigenvalue weighted by atomic mass is 9.97. The minimum Gasteiger partial charge on any atom is -0.461 e. The summed E-state index contributed by atoms with van der Waals surface area (Å²) in [5, 5.41) is 0. The molecule has 0 aliphatic carbocycles. The van der Waals surface area contributed by atoms with Crippen molar-refractivity contribution in [2.75, 3.05) is 24.6 Å². The number of carbonyl (C=O) groups is 1. The number of anilines is 1. The molecule has 0 radical (unpaired) electrons. The van der Waals surface area contributed by atoms with Crippen LogP contribution in [0.5, 0.6) is 0 Å². The van der Waals surface area contributed by atoms with E-state index in [4.69, 9.17) is 9.15 Å². The highest BCUT2D eigenvalue weighted by Crippen LogP contribution is 2.35. The number of piperidine rings is 1. The zero-order chi connectivity index (χ0) is 14.8.